The van der Waals surface area contributed by atoms with Crippen LogP contribution in [0.3, 0.4) is 0 Å². The van der Waals surface area contributed by atoms with Crippen LogP contribution < -0.4 is 0 Å². The molecular formula is C9H12O2. The molecule has 2 nitrogen and oxygen atoms in total. The second-order valence-corrected chi connectivity index (χ2v) is 2.50. The normalized spacial score (nSPS) is 9.91. The number of carbonyl (C=O) groups is 1. The van der Waals surface area contributed by atoms with Crippen molar-refractivity contribution < 1.29 is 9.21 Å². The molecule has 1 rings (SSSR count). The quantitative estimate of drug-likeness (QED) is 0.621. The molecule has 1 aromatic rings. The van der Waals surface area contributed by atoms with E-state index in [1.54, 1.807) is 12.1 Å². The molecule has 0 unspecified atom stereocenters. The molecule has 11 heavy (non-hydrogen) atoms. The van der Waals surface area contributed by atoms with Crippen LogP contribution in [0.15, 0.2) is 22.8 Å². The molecule has 0 saturated heterocycles. The van der Waals surface area contributed by atoms with Crippen molar-refractivity contribution in [3.8, 4) is 0 Å². The highest BCUT2D eigenvalue weighted by molar-refractivity contribution is 5.93. The topological polar surface area (TPSA) is 30.2 Å². The lowest BCUT2D eigenvalue weighted by molar-refractivity contribution is 0.0953. The zero-order chi connectivity index (χ0) is 8.10. The van der Waals surface area contributed by atoms with Crippen molar-refractivity contribution in [3.05, 3.63) is 24.2 Å². The third-order valence-electron chi connectivity index (χ3n) is 1.55. The average Bonchev–Trinajstić information content (AvgIpc) is 2.52. The molecule has 2 heteroatoms. The van der Waals surface area contributed by atoms with Crippen LogP contribution in [0.25, 0.3) is 0 Å². The third kappa shape index (κ3) is 2.22. The largest absolute Gasteiger partial charge is 0.461 e. The Balaban J connectivity index is 2.43. The van der Waals surface area contributed by atoms with E-state index >= 15 is 0 Å². The summed E-state index contributed by atoms with van der Waals surface area (Å²) in [6.07, 6.45) is 4.12. The summed E-state index contributed by atoms with van der Waals surface area (Å²) >= 11 is 0. The number of hydrogen-bond acceptors (Lipinski definition) is 2. The highest BCUT2D eigenvalue weighted by Crippen LogP contribution is 2.06. The molecule has 0 N–H and O–H groups in total. The molecular weight excluding hydrogens is 140 g/mol. The van der Waals surface area contributed by atoms with Crippen molar-refractivity contribution in [3.63, 3.8) is 0 Å². The Morgan fingerprint density at radius 3 is 3.00 bits per heavy atom. The minimum Gasteiger partial charge on any atom is -0.461 e. The van der Waals surface area contributed by atoms with Gasteiger partial charge in [-0.2, -0.15) is 0 Å². The number of carbonyl (C=O) groups excluding carboxylic acids is 1. The van der Waals surface area contributed by atoms with Gasteiger partial charge in [0.25, 0.3) is 0 Å². The van der Waals surface area contributed by atoms with E-state index in [9.17, 15) is 4.79 Å². The second-order valence-electron chi connectivity index (χ2n) is 2.50. The Hall–Kier alpha value is -1.05. The van der Waals surface area contributed by atoms with Gasteiger partial charge >= 0.3 is 0 Å². The van der Waals surface area contributed by atoms with Crippen molar-refractivity contribution in [2.24, 2.45) is 0 Å². The number of ketones is 1. The van der Waals surface area contributed by atoms with Crippen molar-refractivity contribution >= 4 is 5.78 Å². The fourth-order valence-corrected chi connectivity index (χ4v) is 0.898. The van der Waals surface area contributed by atoms with Gasteiger partial charge in [0.05, 0.1) is 6.26 Å². The number of unbranched alkanes of at least 4 members (excludes halogenated alkanes) is 1. The highest BCUT2D eigenvalue weighted by Gasteiger charge is 2.06. The first kappa shape index (κ1) is 8.05. The molecule has 1 heterocycles. The Bertz CT molecular complexity index is 211. The van der Waals surface area contributed by atoms with Crippen LogP contribution in [-0.4, -0.2) is 5.78 Å². The summed E-state index contributed by atoms with van der Waals surface area (Å²) in [6, 6.07) is 3.44. The number of Topliss-reactive ketones (excluding diaryl/α,β-unsaturated/α-hetero) is 1. The highest BCUT2D eigenvalue weighted by atomic mass is 16.3. The zero-order valence-electron chi connectivity index (χ0n) is 6.67. The minimum atomic E-state index is 0.108. The van der Waals surface area contributed by atoms with E-state index < -0.39 is 0 Å². The van der Waals surface area contributed by atoms with Gasteiger partial charge in [0.15, 0.2) is 11.5 Å². The maximum atomic E-state index is 11.2. The molecule has 0 aliphatic heterocycles. The predicted octanol–water partition coefficient (Wildman–Crippen LogP) is 2.65. The summed E-state index contributed by atoms with van der Waals surface area (Å²) in [5, 5.41) is 0. The van der Waals surface area contributed by atoms with Crippen LogP contribution in [0.1, 0.15) is 36.7 Å². The fourth-order valence-electron chi connectivity index (χ4n) is 0.898. The van der Waals surface area contributed by atoms with Gasteiger partial charge in [0.2, 0.25) is 0 Å². The van der Waals surface area contributed by atoms with Crippen molar-refractivity contribution in [2.75, 3.05) is 0 Å². The van der Waals surface area contributed by atoms with Crippen LogP contribution in [-0.2, 0) is 0 Å². The Morgan fingerprint density at radius 2 is 2.45 bits per heavy atom. The molecule has 1 aromatic heterocycles. The lowest BCUT2D eigenvalue weighted by Gasteiger charge is -1.93. The molecule has 0 bridgehead atoms. The van der Waals surface area contributed by atoms with Gasteiger partial charge in [-0.1, -0.05) is 13.3 Å². The Kier molecular flexibility index (Phi) is 2.90. The lowest BCUT2D eigenvalue weighted by Crippen LogP contribution is -1.95. The third-order valence-corrected chi connectivity index (χ3v) is 1.55. The second kappa shape index (κ2) is 3.96. The van der Waals surface area contributed by atoms with Crippen LogP contribution in [0.5, 0.6) is 0 Å². The summed E-state index contributed by atoms with van der Waals surface area (Å²) in [6.45, 7) is 2.06. The van der Waals surface area contributed by atoms with Gasteiger partial charge in [-0.05, 0) is 18.6 Å². The minimum absolute atomic E-state index is 0.108. The monoisotopic (exact) mass is 152 g/mol. The van der Waals surface area contributed by atoms with Gasteiger partial charge in [-0.25, -0.2) is 0 Å². The van der Waals surface area contributed by atoms with Crippen LogP contribution in [0.4, 0.5) is 0 Å². The smallest absolute Gasteiger partial charge is 0.197 e. The van der Waals surface area contributed by atoms with Gasteiger partial charge < -0.3 is 4.42 Å². The first-order valence-electron chi connectivity index (χ1n) is 3.91. The molecule has 0 aromatic carbocycles. The fraction of sp³-hybridized carbons (Fsp3) is 0.444. The van der Waals surface area contributed by atoms with E-state index in [2.05, 4.69) is 6.92 Å². The zero-order valence-corrected chi connectivity index (χ0v) is 6.67. The van der Waals surface area contributed by atoms with E-state index in [4.69, 9.17) is 4.42 Å². The van der Waals surface area contributed by atoms with Crippen LogP contribution >= 0.6 is 0 Å². The molecule has 0 aliphatic rings. The Morgan fingerprint density at radius 1 is 1.64 bits per heavy atom. The van der Waals surface area contributed by atoms with Gasteiger partial charge in [-0.3, -0.25) is 4.79 Å². The van der Waals surface area contributed by atoms with E-state index in [-0.39, 0.29) is 5.78 Å². The summed E-state index contributed by atoms with van der Waals surface area (Å²) in [5.74, 6) is 0.593. The predicted molar refractivity (Wildman–Crippen MR) is 42.6 cm³/mol. The molecule has 0 spiro atoms. The first-order chi connectivity index (χ1) is 5.34. The van der Waals surface area contributed by atoms with Crippen LogP contribution in [0.2, 0.25) is 0 Å². The van der Waals surface area contributed by atoms with E-state index in [1.807, 2.05) is 0 Å². The molecule has 60 valence electrons. The first-order valence-corrected chi connectivity index (χ1v) is 3.91. The van der Waals surface area contributed by atoms with E-state index in [1.165, 1.54) is 6.26 Å². The SMILES string of the molecule is CCCCC(=O)c1ccco1. The molecule has 0 saturated carbocycles. The molecule has 0 amide bonds. The van der Waals surface area contributed by atoms with Crippen molar-refractivity contribution in [1.82, 2.24) is 0 Å². The summed E-state index contributed by atoms with van der Waals surface area (Å²) in [5.41, 5.74) is 0. The summed E-state index contributed by atoms with van der Waals surface area (Å²) in [7, 11) is 0. The molecule has 0 aliphatic carbocycles. The standard InChI is InChI=1S/C9H12O2/c1-2-3-5-8(10)9-6-4-7-11-9/h4,6-7H,2-3,5H2,1H3. The average molecular weight is 152 g/mol. The lowest BCUT2D eigenvalue weighted by atomic mass is 10.1. The van der Waals surface area contributed by atoms with Gasteiger partial charge in [-0.15, -0.1) is 0 Å². The maximum absolute atomic E-state index is 11.2. The molecule has 0 fully saturated rings. The number of furan rings is 1. The van der Waals surface area contributed by atoms with E-state index in [0.717, 1.165) is 12.8 Å². The van der Waals surface area contributed by atoms with Gasteiger partial charge in [0.1, 0.15) is 0 Å². The van der Waals surface area contributed by atoms with Crippen LogP contribution in [0, 0.1) is 0 Å². The van der Waals surface area contributed by atoms with Crippen molar-refractivity contribution in [2.45, 2.75) is 26.2 Å². The van der Waals surface area contributed by atoms with Gasteiger partial charge in [0, 0.05) is 6.42 Å². The maximum Gasteiger partial charge on any atom is 0.197 e. The van der Waals surface area contributed by atoms with E-state index in [0.29, 0.717) is 12.2 Å². The number of rotatable bonds is 4. The Labute approximate surface area is 66.2 Å². The molecule has 0 radical (unpaired) electrons. The number of hydrogen-bond donors (Lipinski definition) is 0. The summed E-state index contributed by atoms with van der Waals surface area (Å²) < 4.78 is 4.94. The molecule has 0 atom stereocenters. The van der Waals surface area contributed by atoms with Crippen molar-refractivity contribution in [1.29, 1.82) is 0 Å². The summed E-state index contributed by atoms with van der Waals surface area (Å²) in [4.78, 5) is 11.2.